The summed E-state index contributed by atoms with van der Waals surface area (Å²) in [5, 5.41) is 5.33. The van der Waals surface area contributed by atoms with Crippen molar-refractivity contribution in [2.45, 2.75) is 17.6 Å². The molecule has 3 rings (SSSR count). The molecular formula is C19H18N2S2. The first-order valence-corrected chi connectivity index (χ1v) is 9.07. The van der Waals surface area contributed by atoms with E-state index < -0.39 is 0 Å². The summed E-state index contributed by atoms with van der Waals surface area (Å²) in [6.45, 7) is 6.22. The van der Waals surface area contributed by atoms with Crippen LogP contribution in [0.1, 0.15) is 17.5 Å². The van der Waals surface area contributed by atoms with Crippen LogP contribution in [0.3, 0.4) is 0 Å². The van der Waals surface area contributed by atoms with Crippen molar-refractivity contribution in [1.29, 1.82) is 0 Å². The summed E-state index contributed by atoms with van der Waals surface area (Å²) < 4.78 is 1.31. The molecular weight excluding hydrogens is 320 g/mol. The third-order valence-corrected chi connectivity index (χ3v) is 5.53. The fourth-order valence-corrected chi connectivity index (χ4v) is 4.13. The highest BCUT2D eigenvalue weighted by Gasteiger charge is 2.12. The SMILES string of the molecule is C=C(/C=C\N=C1/CC(Sc2cccs2)=CN1)c1ccccc1C. The summed E-state index contributed by atoms with van der Waals surface area (Å²) in [5.41, 5.74) is 3.37. The summed E-state index contributed by atoms with van der Waals surface area (Å²) in [6, 6.07) is 12.5. The second-order valence-corrected chi connectivity index (χ2v) is 7.57. The quantitative estimate of drug-likeness (QED) is 0.717. The Bertz CT molecular complexity index is 783. The van der Waals surface area contributed by atoms with Gasteiger partial charge in [-0.25, -0.2) is 4.99 Å². The zero-order valence-corrected chi connectivity index (χ0v) is 14.6. The fourth-order valence-electron chi connectivity index (χ4n) is 2.27. The maximum atomic E-state index is 4.50. The van der Waals surface area contributed by atoms with Gasteiger partial charge in [0.25, 0.3) is 0 Å². The predicted octanol–water partition coefficient (Wildman–Crippen LogP) is 5.61. The number of nitrogens with one attached hydrogen (secondary N) is 1. The van der Waals surface area contributed by atoms with Crippen molar-refractivity contribution in [3.8, 4) is 0 Å². The van der Waals surface area contributed by atoms with Gasteiger partial charge in [0.2, 0.25) is 0 Å². The fraction of sp³-hybridized carbons (Fsp3) is 0.105. The number of rotatable bonds is 5. The van der Waals surface area contributed by atoms with E-state index in [4.69, 9.17) is 0 Å². The molecule has 1 aromatic heterocycles. The molecule has 4 heteroatoms. The Hall–Kier alpha value is -2.04. The van der Waals surface area contributed by atoms with Crippen LogP contribution in [0.4, 0.5) is 0 Å². The molecule has 0 unspecified atom stereocenters. The van der Waals surface area contributed by atoms with Crippen LogP contribution in [-0.4, -0.2) is 5.84 Å². The smallest absolute Gasteiger partial charge is 0.110 e. The number of allylic oxidation sites excluding steroid dienone is 2. The van der Waals surface area contributed by atoms with Crippen LogP contribution in [0.15, 0.2) is 80.9 Å². The molecule has 1 aliphatic rings. The second-order valence-electron chi connectivity index (χ2n) is 5.20. The van der Waals surface area contributed by atoms with Crippen molar-refractivity contribution >= 4 is 34.5 Å². The standard InChI is InChI=1S/C19H18N2S2/c1-14-6-3-4-7-17(14)15(2)9-10-20-18-12-16(13-21-18)23-19-8-5-11-22-19/h3-11,13H,2,12H2,1H3,(H,20,21)/b10-9-. The van der Waals surface area contributed by atoms with E-state index in [-0.39, 0.29) is 0 Å². The molecule has 1 N–H and O–H groups in total. The van der Waals surface area contributed by atoms with E-state index in [1.54, 1.807) is 23.1 Å². The number of benzene rings is 1. The monoisotopic (exact) mass is 338 g/mol. The molecule has 0 amide bonds. The van der Waals surface area contributed by atoms with Gasteiger partial charge in [0.05, 0.1) is 4.21 Å². The van der Waals surface area contributed by atoms with E-state index >= 15 is 0 Å². The highest BCUT2D eigenvalue weighted by Crippen LogP contribution is 2.33. The van der Waals surface area contributed by atoms with Gasteiger partial charge in [0.1, 0.15) is 5.84 Å². The van der Waals surface area contributed by atoms with Crippen molar-refractivity contribution < 1.29 is 0 Å². The minimum Gasteiger partial charge on any atom is -0.349 e. The van der Waals surface area contributed by atoms with Crippen molar-refractivity contribution in [3.05, 3.63) is 82.9 Å². The molecule has 1 aromatic carbocycles. The maximum Gasteiger partial charge on any atom is 0.110 e. The van der Waals surface area contributed by atoms with E-state index in [0.717, 1.165) is 23.4 Å². The lowest BCUT2D eigenvalue weighted by Gasteiger charge is -2.04. The second kappa shape index (κ2) is 7.49. The number of thiophene rings is 1. The zero-order valence-electron chi connectivity index (χ0n) is 13.0. The van der Waals surface area contributed by atoms with Crippen LogP contribution in [0.2, 0.25) is 0 Å². The summed E-state index contributed by atoms with van der Waals surface area (Å²) in [7, 11) is 0. The molecule has 1 aliphatic heterocycles. The van der Waals surface area contributed by atoms with Gasteiger partial charge < -0.3 is 5.32 Å². The summed E-state index contributed by atoms with van der Waals surface area (Å²) in [4.78, 5) is 5.79. The third-order valence-electron chi connectivity index (χ3n) is 3.47. The van der Waals surface area contributed by atoms with Crippen molar-refractivity contribution in [1.82, 2.24) is 5.32 Å². The topological polar surface area (TPSA) is 24.4 Å². The van der Waals surface area contributed by atoms with Gasteiger partial charge in [-0.2, -0.15) is 0 Å². The van der Waals surface area contributed by atoms with Gasteiger partial charge in [-0.05, 0) is 41.1 Å². The first kappa shape index (κ1) is 15.8. The normalized spacial score (nSPS) is 15.9. The largest absolute Gasteiger partial charge is 0.349 e. The van der Waals surface area contributed by atoms with Crippen molar-refractivity contribution in [2.24, 2.45) is 4.99 Å². The molecule has 0 bridgehead atoms. The van der Waals surface area contributed by atoms with Crippen LogP contribution in [0.25, 0.3) is 5.57 Å². The molecule has 0 saturated heterocycles. The van der Waals surface area contributed by atoms with E-state index in [2.05, 4.69) is 53.5 Å². The lowest BCUT2D eigenvalue weighted by molar-refractivity contribution is 1.26. The zero-order chi connectivity index (χ0) is 16.1. The number of thioether (sulfide) groups is 1. The van der Waals surface area contributed by atoms with E-state index in [1.165, 1.54) is 14.7 Å². The minimum absolute atomic E-state index is 0.851. The van der Waals surface area contributed by atoms with Gasteiger partial charge in [0, 0.05) is 23.7 Å². The van der Waals surface area contributed by atoms with Crippen LogP contribution in [-0.2, 0) is 0 Å². The van der Waals surface area contributed by atoms with Gasteiger partial charge in [-0.15, -0.1) is 11.3 Å². The highest BCUT2D eigenvalue weighted by molar-refractivity contribution is 8.04. The van der Waals surface area contributed by atoms with Crippen LogP contribution in [0.5, 0.6) is 0 Å². The first-order chi connectivity index (χ1) is 11.2. The van der Waals surface area contributed by atoms with Gasteiger partial charge in [-0.1, -0.05) is 48.7 Å². The maximum absolute atomic E-state index is 4.50. The molecule has 0 fully saturated rings. The molecule has 0 atom stereocenters. The molecule has 23 heavy (non-hydrogen) atoms. The average Bonchev–Trinajstić information content (AvgIpc) is 3.20. The summed E-state index contributed by atoms with van der Waals surface area (Å²) in [6.07, 6.45) is 6.67. The lowest BCUT2D eigenvalue weighted by Crippen LogP contribution is -2.09. The molecule has 0 aliphatic carbocycles. The molecule has 2 nitrogen and oxygen atoms in total. The molecule has 2 aromatic rings. The molecule has 0 radical (unpaired) electrons. The molecule has 0 saturated carbocycles. The highest BCUT2D eigenvalue weighted by atomic mass is 32.2. The Kier molecular flexibility index (Phi) is 5.16. The predicted molar refractivity (Wildman–Crippen MR) is 103 cm³/mol. The Morgan fingerprint density at radius 1 is 1.30 bits per heavy atom. The molecule has 116 valence electrons. The van der Waals surface area contributed by atoms with Crippen LogP contribution >= 0.6 is 23.1 Å². The molecule has 2 heterocycles. The molecule has 0 spiro atoms. The number of hydrogen-bond acceptors (Lipinski definition) is 3. The van der Waals surface area contributed by atoms with Crippen LogP contribution < -0.4 is 5.32 Å². The van der Waals surface area contributed by atoms with Gasteiger partial charge >= 0.3 is 0 Å². The summed E-state index contributed by atoms with van der Waals surface area (Å²) >= 11 is 3.56. The Morgan fingerprint density at radius 2 is 2.17 bits per heavy atom. The third kappa shape index (κ3) is 4.24. The number of aryl methyl sites for hydroxylation is 1. The number of hydrogen-bond donors (Lipinski definition) is 1. The summed E-state index contributed by atoms with van der Waals surface area (Å²) in [5.74, 6) is 0.970. The minimum atomic E-state index is 0.851. The number of nitrogens with zero attached hydrogens (tertiary/aromatic N) is 1. The first-order valence-electron chi connectivity index (χ1n) is 7.37. The Balaban J connectivity index is 1.57. The number of amidine groups is 1. The van der Waals surface area contributed by atoms with Crippen molar-refractivity contribution in [2.75, 3.05) is 0 Å². The Labute approximate surface area is 145 Å². The van der Waals surface area contributed by atoms with Crippen molar-refractivity contribution in [3.63, 3.8) is 0 Å². The number of aliphatic imine (C=N–C) groups is 1. The van der Waals surface area contributed by atoms with Gasteiger partial charge in [-0.3, -0.25) is 0 Å². The Morgan fingerprint density at radius 3 is 2.96 bits per heavy atom. The average molecular weight is 339 g/mol. The van der Waals surface area contributed by atoms with Gasteiger partial charge in [0.15, 0.2) is 0 Å². The lowest BCUT2D eigenvalue weighted by atomic mass is 10.0. The van der Waals surface area contributed by atoms with E-state index in [9.17, 15) is 0 Å². The van der Waals surface area contributed by atoms with E-state index in [1.807, 2.05) is 30.6 Å². The van der Waals surface area contributed by atoms with E-state index in [0.29, 0.717) is 0 Å². The van der Waals surface area contributed by atoms with Crippen LogP contribution in [0, 0.1) is 6.92 Å².